The zero-order valence-corrected chi connectivity index (χ0v) is 13.3. The first-order valence-corrected chi connectivity index (χ1v) is 8.23. The summed E-state index contributed by atoms with van der Waals surface area (Å²) in [5.74, 6) is 2.04. The molecule has 0 unspecified atom stereocenters. The summed E-state index contributed by atoms with van der Waals surface area (Å²) in [6, 6.07) is 8.14. The second kappa shape index (κ2) is 5.72. The van der Waals surface area contributed by atoms with Crippen molar-refractivity contribution in [2.24, 2.45) is 5.92 Å². The average Bonchev–Trinajstić information content (AvgIpc) is 2.93. The van der Waals surface area contributed by atoms with E-state index in [-0.39, 0.29) is 17.9 Å². The molecule has 0 saturated carbocycles. The van der Waals surface area contributed by atoms with Crippen LogP contribution in [-0.4, -0.2) is 28.1 Å². The summed E-state index contributed by atoms with van der Waals surface area (Å²) in [4.78, 5) is 17.1. The Labute approximate surface area is 135 Å². The fourth-order valence-corrected chi connectivity index (χ4v) is 3.52. The number of carbonyl (C=O) groups is 1. The lowest BCUT2D eigenvalue weighted by molar-refractivity contribution is -0.127. The van der Waals surface area contributed by atoms with Crippen LogP contribution in [-0.2, 0) is 24.2 Å². The summed E-state index contributed by atoms with van der Waals surface area (Å²) in [5, 5.41) is 3.20. The predicted octanol–water partition coefficient (Wildman–Crippen LogP) is 1.87. The summed E-state index contributed by atoms with van der Waals surface area (Å²) in [6.45, 7) is 3.28. The second-order valence-electron chi connectivity index (χ2n) is 6.51. The second-order valence-corrected chi connectivity index (χ2v) is 6.51. The molecule has 0 aliphatic carbocycles. The van der Waals surface area contributed by atoms with Gasteiger partial charge in [0.05, 0.1) is 11.6 Å². The molecule has 0 bridgehead atoms. The third-order valence-corrected chi connectivity index (χ3v) is 4.71. The molecule has 120 valence electrons. The van der Waals surface area contributed by atoms with Gasteiger partial charge in [0.25, 0.3) is 0 Å². The Hall–Kier alpha value is -2.30. The average molecular weight is 311 g/mol. The fraction of sp³-hybridized carbons (Fsp3) is 0.444. The van der Waals surface area contributed by atoms with Crippen LogP contribution in [0.15, 0.2) is 30.5 Å². The molecular weight excluding hydrogens is 290 g/mol. The van der Waals surface area contributed by atoms with E-state index in [1.54, 1.807) is 0 Å². The summed E-state index contributed by atoms with van der Waals surface area (Å²) in [5.41, 5.74) is 2.17. The molecule has 1 aromatic carbocycles. The molecule has 0 saturated heterocycles. The quantitative estimate of drug-likeness (QED) is 0.921. The van der Waals surface area contributed by atoms with Gasteiger partial charge in [-0.25, -0.2) is 4.98 Å². The van der Waals surface area contributed by atoms with Gasteiger partial charge in [0.1, 0.15) is 18.2 Å². The van der Waals surface area contributed by atoms with E-state index < -0.39 is 0 Å². The summed E-state index contributed by atoms with van der Waals surface area (Å²) >= 11 is 0. The first kappa shape index (κ1) is 14.3. The smallest absolute Gasteiger partial charge is 0.227 e. The summed E-state index contributed by atoms with van der Waals surface area (Å²) in [6.07, 6.45) is 4.69. The highest BCUT2D eigenvalue weighted by Crippen LogP contribution is 2.27. The largest absolute Gasteiger partial charge is 0.492 e. The van der Waals surface area contributed by atoms with Crippen molar-refractivity contribution < 1.29 is 9.53 Å². The van der Waals surface area contributed by atoms with Crippen LogP contribution < -0.4 is 10.1 Å². The van der Waals surface area contributed by atoms with Crippen LogP contribution in [0.25, 0.3) is 0 Å². The van der Waals surface area contributed by atoms with Gasteiger partial charge >= 0.3 is 0 Å². The van der Waals surface area contributed by atoms with Gasteiger partial charge in [0.2, 0.25) is 5.91 Å². The molecule has 4 rings (SSSR count). The number of benzene rings is 1. The molecule has 1 aromatic heterocycles. The maximum Gasteiger partial charge on any atom is 0.227 e. The summed E-state index contributed by atoms with van der Waals surface area (Å²) < 4.78 is 7.89. The molecule has 2 aliphatic heterocycles. The normalized spacial score (nSPS) is 22.7. The lowest BCUT2D eigenvalue weighted by Crippen LogP contribution is -2.46. The zero-order chi connectivity index (χ0) is 15.8. The van der Waals surface area contributed by atoms with Gasteiger partial charge in [-0.2, -0.15) is 0 Å². The number of aryl methyl sites for hydroxylation is 2. The molecular formula is C18H21N3O2. The van der Waals surface area contributed by atoms with Crippen LogP contribution >= 0.6 is 0 Å². The van der Waals surface area contributed by atoms with E-state index in [0.717, 1.165) is 48.6 Å². The Balaban J connectivity index is 1.39. The summed E-state index contributed by atoms with van der Waals surface area (Å²) in [7, 11) is 0. The molecule has 3 heterocycles. The fourth-order valence-electron chi connectivity index (χ4n) is 3.52. The number of nitrogens with one attached hydrogen (secondary N) is 1. The Morgan fingerprint density at radius 3 is 3.17 bits per heavy atom. The highest BCUT2D eigenvalue weighted by Gasteiger charge is 2.28. The van der Waals surface area contributed by atoms with Gasteiger partial charge in [-0.1, -0.05) is 18.2 Å². The van der Waals surface area contributed by atoms with E-state index in [9.17, 15) is 4.79 Å². The van der Waals surface area contributed by atoms with E-state index in [0.29, 0.717) is 6.61 Å². The van der Waals surface area contributed by atoms with Gasteiger partial charge in [0, 0.05) is 25.2 Å². The molecule has 0 spiro atoms. The highest BCUT2D eigenvalue weighted by atomic mass is 16.5. The number of ether oxygens (including phenoxy) is 1. The number of hydrogen-bond acceptors (Lipinski definition) is 3. The molecule has 2 aliphatic rings. The highest BCUT2D eigenvalue weighted by molar-refractivity contribution is 5.80. The molecule has 1 N–H and O–H groups in total. The lowest BCUT2D eigenvalue weighted by Gasteiger charge is -2.29. The lowest BCUT2D eigenvalue weighted by atomic mass is 9.95. The van der Waals surface area contributed by atoms with Crippen molar-refractivity contribution in [3.05, 3.63) is 47.5 Å². The molecule has 5 nitrogen and oxygen atoms in total. The minimum Gasteiger partial charge on any atom is -0.492 e. The van der Waals surface area contributed by atoms with Crippen LogP contribution in [0.1, 0.15) is 23.5 Å². The number of hydrogen-bond donors (Lipinski definition) is 1. The van der Waals surface area contributed by atoms with E-state index >= 15 is 0 Å². The van der Waals surface area contributed by atoms with Crippen LogP contribution in [0.5, 0.6) is 5.75 Å². The van der Waals surface area contributed by atoms with Crippen LogP contribution in [0.4, 0.5) is 0 Å². The maximum absolute atomic E-state index is 12.6. The topological polar surface area (TPSA) is 56.2 Å². The first-order chi connectivity index (χ1) is 11.2. The number of para-hydroxylation sites is 1. The van der Waals surface area contributed by atoms with Crippen LogP contribution in [0, 0.1) is 12.8 Å². The maximum atomic E-state index is 12.6. The molecule has 5 heteroatoms. The van der Waals surface area contributed by atoms with Gasteiger partial charge < -0.3 is 14.6 Å². The first-order valence-electron chi connectivity index (χ1n) is 8.23. The molecule has 0 fully saturated rings. The SMILES string of the molecule is Cc1cn2c(n1)CC[C@H](NC(=O)[C@@H]1COc3ccccc3C1)C2. The number of amides is 1. The third-order valence-electron chi connectivity index (χ3n) is 4.71. The van der Waals surface area contributed by atoms with Crippen molar-refractivity contribution in [3.63, 3.8) is 0 Å². The van der Waals surface area contributed by atoms with E-state index in [4.69, 9.17) is 4.74 Å². The number of aromatic nitrogens is 2. The van der Waals surface area contributed by atoms with Crippen molar-refractivity contribution in [3.8, 4) is 5.75 Å². The Kier molecular flexibility index (Phi) is 3.56. The molecule has 2 aromatic rings. The van der Waals surface area contributed by atoms with Crippen molar-refractivity contribution in [1.29, 1.82) is 0 Å². The monoisotopic (exact) mass is 311 g/mol. The van der Waals surface area contributed by atoms with Crippen molar-refractivity contribution in [2.75, 3.05) is 6.61 Å². The van der Waals surface area contributed by atoms with E-state index in [1.165, 1.54) is 0 Å². The third kappa shape index (κ3) is 2.83. The molecule has 2 atom stereocenters. The Morgan fingerprint density at radius 1 is 1.39 bits per heavy atom. The van der Waals surface area contributed by atoms with Crippen LogP contribution in [0.2, 0.25) is 0 Å². The van der Waals surface area contributed by atoms with Gasteiger partial charge in [0.15, 0.2) is 0 Å². The number of imidazole rings is 1. The Bertz CT molecular complexity index is 738. The van der Waals surface area contributed by atoms with Gasteiger partial charge in [-0.15, -0.1) is 0 Å². The molecule has 23 heavy (non-hydrogen) atoms. The van der Waals surface area contributed by atoms with Crippen molar-refractivity contribution >= 4 is 5.91 Å². The molecule has 0 radical (unpaired) electrons. The number of carbonyl (C=O) groups excluding carboxylic acids is 1. The van der Waals surface area contributed by atoms with E-state index in [2.05, 4.69) is 21.1 Å². The van der Waals surface area contributed by atoms with Gasteiger partial charge in [-0.05, 0) is 31.4 Å². The zero-order valence-electron chi connectivity index (χ0n) is 13.3. The Morgan fingerprint density at radius 2 is 2.26 bits per heavy atom. The number of rotatable bonds is 2. The van der Waals surface area contributed by atoms with E-state index in [1.807, 2.05) is 31.2 Å². The van der Waals surface area contributed by atoms with Crippen LogP contribution in [0.3, 0.4) is 0 Å². The molecule has 1 amide bonds. The number of fused-ring (bicyclic) bond motifs is 2. The minimum absolute atomic E-state index is 0.101. The minimum atomic E-state index is -0.101. The predicted molar refractivity (Wildman–Crippen MR) is 86.3 cm³/mol. The van der Waals surface area contributed by atoms with Crippen molar-refractivity contribution in [2.45, 2.75) is 38.8 Å². The van der Waals surface area contributed by atoms with Gasteiger partial charge in [-0.3, -0.25) is 4.79 Å². The van der Waals surface area contributed by atoms with Crippen molar-refractivity contribution in [1.82, 2.24) is 14.9 Å². The number of nitrogens with zero attached hydrogens (tertiary/aromatic N) is 2. The standard InChI is InChI=1S/C18H21N3O2/c1-12-9-21-10-15(6-7-17(21)19-12)20-18(22)14-8-13-4-2-3-5-16(13)23-11-14/h2-5,9,14-15H,6-8,10-11H2,1H3,(H,20,22)/t14-,15-/m0/s1.